The largest absolute Gasteiger partial charge is 0.466 e. The fourth-order valence-electron chi connectivity index (χ4n) is 2.03. The minimum atomic E-state index is -0.323. The first-order valence-corrected chi connectivity index (χ1v) is 5.35. The maximum atomic E-state index is 11.1. The molecule has 0 spiro atoms. The highest BCUT2D eigenvalue weighted by Gasteiger charge is 2.23. The molecule has 0 fully saturated rings. The number of esters is 1. The Bertz CT molecular complexity index is 426. The van der Waals surface area contributed by atoms with Crippen LogP contribution < -0.4 is 4.90 Å². The molecule has 0 saturated carbocycles. The molecule has 3 heteroatoms. The van der Waals surface area contributed by atoms with Gasteiger partial charge in [0.1, 0.15) is 0 Å². The number of anilines is 1. The zero-order valence-electron chi connectivity index (χ0n) is 9.51. The smallest absolute Gasteiger partial charge is 0.331 e. The summed E-state index contributed by atoms with van der Waals surface area (Å²) in [5.74, 6) is -0.323. The Kier molecular flexibility index (Phi) is 2.95. The first-order chi connectivity index (χ1) is 7.72. The quantitative estimate of drug-likeness (QED) is 0.561. The van der Waals surface area contributed by atoms with Crippen LogP contribution >= 0.6 is 0 Å². The molecule has 0 bridgehead atoms. The molecule has 3 nitrogen and oxygen atoms in total. The van der Waals surface area contributed by atoms with Crippen LogP contribution in [0.2, 0.25) is 0 Å². The van der Waals surface area contributed by atoms with Gasteiger partial charge in [-0.25, -0.2) is 4.79 Å². The fourth-order valence-corrected chi connectivity index (χ4v) is 2.03. The number of benzene rings is 1. The minimum Gasteiger partial charge on any atom is -0.466 e. The number of rotatable bonds is 2. The summed E-state index contributed by atoms with van der Waals surface area (Å²) in [7, 11) is 1.38. The number of carbonyl (C=O) groups is 1. The Labute approximate surface area is 95.3 Å². The van der Waals surface area contributed by atoms with Gasteiger partial charge in [-0.3, -0.25) is 0 Å². The van der Waals surface area contributed by atoms with Crippen molar-refractivity contribution < 1.29 is 9.53 Å². The molecule has 1 aliphatic heterocycles. The molecule has 1 aromatic rings. The first-order valence-electron chi connectivity index (χ1n) is 5.35. The summed E-state index contributed by atoms with van der Waals surface area (Å²) < 4.78 is 4.58. The Morgan fingerprint density at radius 1 is 1.50 bits per heavy atom. The van der Waals surface area contributed by atoms with E-state index < -0.39 is 0 Å². The van der Waals surface area contributed by atoms with E-state index in [9.17, 15) is 4.79 Å². The van der Waals surface area contributed by atoms with Crippen LogP contribution in [0, 0.1) is 0 Å². The van der Waals surface area contributed by atoms with Crippen LogP contribution in [0.3, 0.4) is 0 Å². The molecule has 1 atom stereocenters. The predicted molar refractivity (Wildman–Crippen MR) is 63.2 cm³/mol. The number of methoxy groups -OCH3 is 1. The number of carbonyl (C=O) groups excluding carboxylic acids is 1. The lowest BCUT2D eigenvalue weighted by Crippen LogP contribution is -2.23. The molecule has 1 heterocycles. The van der Waals surface area contributed by atoms with E-state index in [0.717, 1.165) is 6.42 Å². The monoisotopic (exact) mass is 217 g/mol. The highest BCUT2D eigenvalue weighted by molar-refractivity contribution is 5.82. The molecule has 0 radical (unpaired) electrons. The highest BCUT2D eigenvalue weighted by Crippen LogP contribution is 2.31. The van der Waals surface area contributed by atoms with E-state index in [-0.39, 0.29) is 5.97 Å². The van der Waals surface area contributed by atoms with Gasteiger partial charge < -0.3 is 9.64 Å². The van der Waals surface area contributed by atoms with Crippen molar-refractivity contribution in [1.82, 2.24) is 0 Å². The third-order valence-electron chi connectivity index (χ3n) is 2.83. The lowest BCUT2D eigenvalue weighted by Gasteiger charge is -2.19. The Morgan fingerprint density at radius 2 is 2.25 bits per heavy atom. The second kappa shape index (κ2) is 4.39. The zero-order chi connectivity index (χ0) is 11.5. The topological polar surface area (TPSA) is 29.5 Å². The van der Waals surface area contributed by atoms with Gasteiger partial charge in [-0.15, -0.1) is 0 Å². The van der Waals surface area contributed by atoms with Crippen molar-refractivity contribution in [1.29, 1.82) is 0 Å². The first kappa shape index (κ1) is 10.7. The van der Waals surface area contributed by atoms with Crippen molar-refractivity contribution >= 4 is 11.7 Å². The second-order valence-corrected chi connectivity index (χ2v) is 3.93. The lowest BCUT2D eigenvalue weighted by atomic mass is 10.1. The molecule has 0 amide bonds. The number of ether oxygens (including phenoxy) is 1. The minimum absolute atomic E-state index is 0.323. The third-order valence-corrected chi connectivity index (χ3v) is 2.83. The summed E-state index contributed by atoms with van der Waals surface area (Å²) in [6.07, 6.45) is 4.27. The summed E-state index contributed by atoms with van der Waals surface area (Å²) in [5.41, 5.74) is 2.50. The predicted octanol–water partition coefficient (Wildman–Crippen LogP) is 2.12. The molecule has 1 aliphatic rings. The van der Waals surface area contributed by atoms with Crippen LogP contribution in [-0.4, -0.2) is 19.1 Å². The van der Waals surface area contributed by atoms with Gasteiger partial charge >= 0.3 is 5.97 Å². The van der Waals surface area contributed by atoms with Crippen molar-refractivity contribution in [3.05, 3.63) is 42.1 Å². The molecule has 84 valence electrons. The maximum absolute atomic E-state index is 11.1. The zero-order valence-corrected chi connectivity index (χ0v) is 9.51. The highest BCUT2D eigenvalue weighted by atomic mass is 16.5. The van der Waals surface area contributed by atoms with E-state index in [1.165, 1.54) is 24.4 Å². The van der Waals surface area contributed by atoms with E-state index in [1.807, 2.05) is 12.1 Å². The molecule has 1 unspecified atom stereocenters. The third kappa shape index (κ3) is 1.94. The van der Waals surface area contributed by atoms with Crippen LogP contribution in [0.4, 0.5) is 5.69 Å². The van der Waals surface area contributed by atoms with Crippen LogP contribution in [0.5, 0.6) is 0 Å². The molecule has 2 rings (SSSR count). The van der Waals surface area contributed by atoms with E-state index in [4.69, 9.17) is 0 Å². The summed E-state index contributed by atoms with van der Waals surface area (Å²) in [4.78, 5) is 13.2. The van der Waals surface area contributed by atoms with E-state index in [0.29, 0.717) is 6.04 Å². The van der Waals surface area contributed by atoms with Gasteiger partial charge in [0, 0.05) is 24.0 Å². The SMILES string of the molecule is COC(=O)/C=C/N1c2ccccc2CC1C. The Balaban J connectivity index is 2.22. The van der Waals surface area contributed by atoms with Gasteiger partial charge in [-0.1, -0.05) is 18.2 Å². The van der Waals surface area contributed by atoms with Gasteiger partial charge in [0.15, 0.2) is 0 Å². The normalized spacial score (nSPS) is 18.9. The summed E-state index contributed by atoms with van der Waals surface area (Å²) in [6, 6.07) is 8.63. The molecular formula is C13H15NO2. The molecule has 16 heavy (non-hydrogen) atoms. The number of para-hydroxylation sites is 1. The van der Waals surface area contributed by atoms with E-state index in [1.54, 1.807) is 6.20 Å². The summed E-state index contributed by atoms with van der Waals surface area (Å²) in [6.45, 7) is 2.14. The fraction of sp³-hybridized carbons (Fsp3) is 0.308. The average molecular weight is 217 g/mol. The van der Waals surface area contributed by atoms with Gasteiger partial charge in [-0.2, -0.15) is 0 Å². The molecular weight excluding hydrogens is 202 g/mol. The van der Waals surface area contributed by atoms with Crippen molar-refractivity contribution in [3.63, 3.8) is 0 Å². The Morgan fingerprint density at radius 3 is 3.00 bits per heavy atom. The van der Waals surface area contributed by atoms with Gasteiger partial charge in [0.05, 0.1) is 7.11 Å². The molecule has 0 aliphatic carbocycles. The number of fused-ring (bicyclic) bond motifs is 1. The van der Waals surface area contributed by atoms with Crippen LogP contribution in [0.1, 0.15) is 12.5 Å². The summed E-state index contributed by atoms with van der Waals surface area (Å²) in [5, 5.41) is 0. The van der Waals surface area contributed by atoms with Crippen molar-refractivity contribution in [2.75, 3.05) is 12.0 Å². The molecule has 0 saturated heterocycles. The standard InChI is InChI=1S/C13H15NO2/c1-10-9-11-5-3-4-6-12(11)14(10)8-7-13(15)16-2/h3-8,10H,9H2,1-2H3/b8-7+. The van der Waals surface area contributed by atoms with Gasteiger partial charge in [0.2, 0.25) is 0 Å². The van der Waals surface area contributed by atoms with Crippen molar-refractivity contribution in [3.8, 4) is 0 Å². The van der Waals surface area contributed by atoms with Crippen molar-refractivity contribution in [2.24, 2.45) is 0 Å². The molecule has 0 N–H and O–H groups in total. The number of hydrogen-bond donors (Lipinski definition) is 0. The lowest BCUT2D eigenvalue weighted by molar-refractivity contribution is -0.134. The number of nitrogens with zero attached hydrogens (tertiary/aromatic N) is 1. The summed E-state index contributed by atoms with van der Waals surface area (Å²) >= 11 is 0. The maximum Gasteiger partial charge on any atom is 0.331 e. The van der Waals surface area contributed by atoms with Crippen LogP contribution in [0.15, 0.2) is 36.5 Å². The van der Waals surface area contributed by atoms with E-state index in [2.05, 4.69) is 28.7 Å². The average Bonchev–Trinajstić information content (AvgIpc) is 2.62. The van der Waals surface area contributed by atoms with Gasteiger partial charge in [0.25, 0.3) is 0 Å². The van der Waals surface area contributed by atoms with Crippen LogP contribution in [-0.2, 0) is 16.0 Å². The molecule has 0 aromatic heterocycles. The molecule has 1 aromatic carbocycles. The Hall–Kier alpha value is -1.77. The van der Waals surface area contributed by atoms with E-state index >= 15 is 0 Å². The van der Waals surface area contributed by atoms with Gasteiger partial charge in [-0.05, 0) is 25.0 Å². The number of hydrogen-bond acceptors (Lipinski definition) is 3. The van der Waals surface area contributed by atoms with Crippen LogP contribution in [0.25, 0.3) is 0 Å². The second-order valence-electron chi connectivity index (χ2n) is 3.93. The van der Waals surface area contributed by atoms with Crippen molar-refractivity contribution in [2.45, 2.75) is 19.4 Å².